The van der Waals surface area contributed by atoms with Crippen molar-refractivity contribution < 1.29 is 47.7 Å². The highest BCUT2D eigenvalue weighted by atomic mass is 16.6. The number of methoxy groups -OCH3 is 1. The lowest BCUT2D eigenvalue weighted by Crippen LogP contribution is -2.59. The fourth-order valence-corrected chi connectivity index (χ4v) is 9.99. The van der Waals surface area contributed by atoms with Gasteiger partial charge in [-0.05, 0) is 99.8 Å². The predicted octanol–water partition coefficient (Wildman–Crippen LogP) is 6.08. The second kappa shape index (κ2) is 19.7. The van der Waals surface area contributed by atoms with Crippen LogP contribution in [0, 0.1) is 16.7 Å². The molecule has 2 N–H and O–H groups in total. The van der Waals surface area contributed by atoms with Gasteiger partial charge < -0.3 is 39.0 Å². The number of urea groups is 1. The van der Waals surface area contributed by atoms with E-state index in [0.29, 0.717) is 68.7 Å². The van der Waals surface area contributed by atoms with E-state index in [1.807, 2.05) is 56.0 Å². The average Bonchev–Trinajstić information content (AvgIpc) is 3.71. The van der Waals surface area contributed by atoms with Crippen LogP contribution in [0.5, 0.6) is 5.75 Å². The van der Waals surface area contributed by atoms with Crippen molar-refractivity contribution >= 4 is 41.4 Å². The van der Waals surface area contributed by atoms with Gasteiger partial charge in [-0.15, -0.1) is 0 Å². The summed E-state index contributed by atoms with van der Waals surface area (Å²) in [5.74, 6) is -0.156. The molecule has 1 spiro atoms. The number of carbonyl (C=O) groups excluding carboxylic acids is 6. The fourth-order valence-electron chi connectivity index (χ4n) is 9.99. The van der Waals surface area contributed by atoms with Gasteiger partial charge in [0.2, 0.25) is 17.7 Å². The van der Waals surface area contributed by atoms with E-state index in [1.54, 1.807) is 48.8 Å². The number of alkyl carbamates (subject to hydrolysis) is 1. The van der Waals surface area contributed by atoms with E-state index >= 15 is 0 Å². The lowest BCUT2D eigenvalue weighted by atomic mass is 9.65. The zero-order valence-corrected chi connectivity index (χ0v) is 39.2. The first-order chi connectivity index (χ1) is 30.8. The number of carbonyl (C=O) groups is 6. The normalized spacial score (nSPS) is 23.5. The van der Waals surface area contributed by atoms with Crippen LogP contribution in [-0.4, -0.2) is 134 Å². The Hall–Kier alpha value is -5.22. The SMILES string of the molecule is COc1ccc(C(=O)N2CCC3(CCC(CO[C@H]4CC(C(=O)N5CCO[C@H](c6ccccc6)C5)N(C(=O)[C@@H](NC(=O)OC(C)(C)C)C(C)(C)C)C4)CC3)CC2)cc1N1CCC(=O)NC1=O. The van der Waals surface area contributed by atoms with Crippen molar-refractivity contribution in [3.63, 3.8) is 0 Å². The highest BCUT2D eigenvalue weighted by molar-refractivity contribution is 6.07. The molecule has 4 heterocycles. The standard InChI is InChI=1S/C49H68N6O10/c1-47(2,3)41(51-46(61)65-48(4,5)6)44(59)55-29-35(28-37(55)43(58)53-25-26-63-39(30-53)33-11-9-8-10-12-33)64-31-32-15-18-49(19-16-32)20-23-52(24-21-49)42(57)34-13-14-38(62-7)36(27-34)54-22-17-40(56)50-45(54)60/h8-14,27,32,35,37,39,41H,15-26,28-31H2,1-7H3,(H,51,61)(H,50,56,60)/t35-,37?,39-,41+/m0/s1. The molecule has 354 valence electrons. The van der Waals surface area contributed by atoms with Gasteiger partial charge >= 0.3 is 12.1 Å². The van der Waals surface area contributed by atoms with Crippen LogP contribution < -0.4 is 20.3 Å². The zero-order chi connectivity index (χ0) is 46.7. The molecule has 4 saturated heterocycles. The van der Waals surface area contributed by atoms with Crippen molar-refractivity contribution in [3.05, 3.63) is 59.7 Å². The van der Waals surface area contributed by atoms with E-state index in [2.05, 4.69) is 10.6 Å². The van der Waals surface area contributed by atoms with Crippen molar-refractivity contribution in [2.45, 2.75) is 123 Å². The molecule has 1 aliphatic carbocycles. The van der Waals surface area contributed by atoms with Crippen LogP contribution in [-0.2, 0) is 28.6 Å². The highest BCUT2D eigenvalue weighted by Crippen LogP contribution is 2.47. The molecule has 7 amide bonds. The van der Waals surface area contributed by atoms with Crippen LogP contribution >= 0.6 is 0 Å². The highest BCUT2D eigenvalue weighted by Gasteiger charge is 2.48. The summed E-state index contributed by atoms with van der Waals surface area (Å²) < 4.78 is 23.8. The van der Waals surface area contributed by atoms with Gasteiger partial charge in [0.15, 0.2) is 0 Å². The second-order valence-corrected chi connectivity index (χ2v) is 20.6. The van der Waals surface area contributed by atoms with Gasteiger partial charge in [-0.2, -0.15) is 0 Å². The number of hydrogen-bond donors (Lipinski definition) is 2. The minimum absolute atomic E-state index is 0.0979. The Bertz CT molecular complexity index is 2070. The van der Waals surface area contributed by atoms with Gasteiger partial charge in [0.05, 0.1) is 32.1 Å². The molecule has 1 saturated carbocycles. The number of morpholine rings is 1. The van der Waals surface area contributed by atoms with Crippen LogP contribution in [0.15, 0.2) is 48.5 Å². The molecule has 65 heavy (non-hydrogen) atoms. The molecule has 16 heteroatoms. The third-order valence-corrected chi connectivity index (χ3v) is 13.8. The lowest BCUT2D eigenvalue weighted by Gasteiger charge is -2.46. The molecule has 2 aromatic rings. The molecule has 1 unspecified atom stereocenters. The minimum atomic E-state index is -0.950. The molecule has 16 nitrogen and oxygen atoms in total. The number of nitrogens with one attached hydrogen (secondary N) is 2. The zero-order valence-electron chi connectivity index (χ0n) is 39.2. The first-order valence-corrected chi connectivity index (χ1v) is 23.3. The molecule has 4 aliphatic heterocycles. The predicted molar refractivity (Wildman–Crippen MR) is 242 cm³/mol. The summed E-state index contributed by atoms with van der Waals surface area (Å²) in [6.07, 6.45) is 4.98. The number of benzene rings is 2. The third kappa shape index (κ3) is 11.4. The molecule has 5 fully saturated rings. The number of nitrogens with zero attached hydrogens (tertiary/aromatic N) is 4. The van der Waals surface area contributed by atoms with E-state index in [-0.39, 0.29) is 60.8 Å². The minimum Gasteiger partial charge on any atom is -0.495 e. The number of hydrogen-bond acceptors (Lipinski definition) is 10. The Balaban J connectivity index is 0.963. The van der Waals surface area contributed by atoms with E-state index in [4.69, 9.17) is 18.9 Å². The van der Waals surface area contributed by atoms with Crippen LogP contribution in [0.4, 0.5) is 15.3 Å². The summed E-state index contributed by atoms with van der Waals surface area (Å²) in [5.41, 5.74) is 0.605. The molecule has 0 radical (unpaired) electrons. The maximum Gasteiger partial charge on any atom is 0.408 e. The Morgan fingerprint density at radius 1 is 0.892 bits per heavy atom. The molecule has 0 bridgehead atoms. The van der Waals surface area contributed by atoms with Crippen LogP contribution in [0.25, 0.3) is 0 Å². The monoisotopic (exact) mass is 900 g/mol. The molecule has 7 rings (SSSR count). The van der Waals surface area contributed by atoms with Crippen molar-refractivity contribution in [1.82, 2.24) is 25.3 Å². The molecular weight excluding hydrogens is 833 g/mol. The molecule has 5 aliphatic rings. The Kier molecular flexibility index (Phi) is 14.5. The Labute approximate surface area is 383 Å². The second-order valence-electron chi connectivity index (χ2n) is 20.6. The maximum atomic E-state index is 14.6. The number of ether oxygens (including phenoxy) is 4. The topological polar surface area (TPSA) is 176 Å². The van der Waals surface area contributed by atoms with Crippen LogP contribution in [0.1, 0.15) is 115 Å². The average molecular weight is 901 g/mol. The number of likely N-dealkylation sites (tertiary alicyclic amines) is 2. The van der Waals surface area contributed by atoms with Gasteiger partial charge in [0, 0.05) is 57.7 Å². The first-order valence-electron chi connectivity index (χ1n) is 23.3. The van der Waals surface area contributed by atoms with Gasteiger partial charge in [-0.25, -0.2) is 9.59 Å². The lowest BCUT2D eigenvalue weighted by molar-refractivity contribution is -0.150. The summed E-state index contributed by atoms with van der Waals surface area (Å²) in [7, 11) is 1.51. The first kappa shape index (κ1) is 47.7. The summed E-state index contributed by atoms with van der Waals surface area (Å²) >= 11 is 0. The van der Waals surface area contributed by atoms with Crippen molar-refractivity contribution in [2.75, 3.05) is 64.5 Å². The van der Waals surface area contributed by atoms with E-state index in [0.717, 1.165) is 44.1 Å². The van der Waals surface area contributed by atoms with Crippen molar-refractivity contribution in [3.8, 4) is 5.75 Å². The van der Waals surface area contributed by atoms with Crippen molar-refractivity contribution in [2.24, 2.45) is 16.7 Å². The van der Waals surface area contributed by atoms with E-state index in [1.165, 1.54) is 12.0 Å². The Morgan fingerprint density at radius 2 is 1.60 bits per heavy atom. The molecule has 2 aromatic carbocycles. The van der Waals surface area contributed by atoms with Gasteiger partial charge in [-0.3, -0.25) is 29.4 Å². The number of anilines is 1. The van der Waals surface area contributed by atoms with Gasteiger partial charge in [-0.1, -0.05) is 51.1 Å². The third-order valence-electron chi connectivity index (χ3n) is 13.8. The summed E-state index contributed by atoms with van der Waals surface area (Å²) in [6, 6.07) is 12.7. The molecule has 4 atom stereocenters. The summed E-state index contributed by atoms with van der Waals surface area (Å²) in [6.45, 7) is 14.3. The van der Waals surface area contributed by atoms with E-state index in [9.17, 15) is 28.8 Å². The quantitative estimate of drug-likeness (QED) is 0.284. The number of amides is 7. The summed E-state index contributed by atoms with van der Waals surface area (Å²) in [5, 5.41) is 5.17. The smallest absolute Gasteiger partial charge is 0.408 e. The van der Waals surface area contributed by atoms with Gasteiger partial charge in [0.1, 0.15) is 29.5 Å². The number of rotatable bonds is 10. The molecular formula is C49H68N6O10. The van der Waals surface area contributed by atoms with E-state index < -0.39 is 35.2 Å². The summed E-state index contributed by atoms with van der Waals surface area (Å²) in [4.78, 5) is 87.2. The van der Waals surface area contributed by atoms with Crippen LogP contribution in [0.2, 0.25) is 0 Å². The molecule has 0 aromatic heterocycles. The number of piperidine rings is 1. The largest absolute Gasteiger partial charge is 0.495 e. The van der Waals surface area contributed by atoms with Crippen LogP contribution in [0.3, 0.4) is 0 Å². The number of imide groups is 1. The fraction of sp³-hybridized carbons (Fsp3) is 0.633. The Morgan fingerprint density at radius 3 is 2.25 bits per heavy atom. The van der Waals surface area contributed by atoms with Gasteiger partial charge in [0.25, 0.3) is 5.91 Å². The maximum absolute atomic E-state index is 14.6. The van der Waals surface area contributed by atoms with Crippen molar-refractivity contribution in [1.29, 1.82) is 0 Å².